The standard InChI is InChI=1S/C18H33N/c1-14(2)10-8-9-11-17-16(4)19(7)13-12-15(3)18(17,5)6/h9,11,14-15H,8,10,12-13H2,1-7H3/b11-9-/t15-/m1/s1. The highest BCUT2D eigenvalue weighted by atomic mass is 15.1. The first-order valence-corrected chi connectivity index (χ1v) is 7.85. The van der Waals surface area contributed by atoms with Crippen molar-refractivity contribution in [1.29, 1.82) is 0 Å². The van der Waals surface area contributed by atoms with Crippen LogP contribution in [-0.4, -0.2) is 18.5 Å². The summed E-state index contributed by atoms with van der Waals surface area (Å²) < 4.78 is 0. The van der Waals surface area contributed by atoms with Gasteiger partial charge in [0.15, 0.2) is 0 Å². The Bertz CT molecular complexity index is 347. The predicted octanol–water partition coefficient (Wildman–Crippen LogP) is 5.25. The summed E-state index contributed by atoms with van der Waals surface area (Å²) in [7, 11) is 2.23. The molecule has 0 aromatic heterocycles. The van der Waals surface area contributed by atoms with E-state index in [1.54, 1.807) is 0 Å². The van der Waals surface area contributed by atoms with Crippen molar-refractivity contribution in [2.45, 2.75) is 60.8 Å². The van der Waals surface area contributed by atoms with Gasteiger partial charge in [0.05, 0.1) is 0 Å². The Hall–Kier alpha value is -0.720. The highest BCUT2D eigenvalue weighted by molar-refractivity contribution is 5.31. The molecule has 1 rings (SSSR count). The number of nitrogens with zero attached hydrogens (tertiary/aromatic N) is 1. The number of rotatable bonds is 4. The van der Waals surface area contributed by atoms with Gasteiger partial charge in [0.2, 0.25) is 0 Å². The van der Waals surface area contributed by atoms with Crippen LogP contribution in [0.5, 0.6) is 0 Å². The van der Waals surface area contributed by atoms with Crippen molar-refractivity contribution in [3.63, 3.8) is 0 Å². The van der Waals surface area contributed by atoms with Crippen molar-refractivity contribution in [2.24, 2.45) is 17.3 Å². The maximum absolute atomic E-state index is 2.42. The van der Waals surface area contributed by atoms with Gasteiger partial charge in [0.25, 0.3) is 0 Å². The summed E-state index contributed by atoms with van der Waals surface area (Å²) in [6.07, 6.45) is 8.55. The summed E-state index contributed by atoms with van der Waals surface area (Å²) in [4.78, 5) is 2.42. The van der Waals surface area contributed by atoms with Crippen LogP contribution in [0.4, 0.5) is 0 Å². The van der Waals surface area contributed by atoms with Gasteiger partial charge in [0.1, 0.15) is 0 Å². The fourth-order valence-corrected chi connectivity index (χ4v) is 2.82. The van der Waals surface area contributed by atoms with Crippen molar-refractivity contribution in [2.75, 3.05) is 13.6 Å². The molecule has 0 spiro atoms. The minimum atomic E-state index is 0.281. The van der Waals surface area contributed by atoms with E-state index in [1.807, 2.05) is 0 Å². The van der Waals surface area contributed by atoms with Crippen LogP contribution in [0.25, 0.3) is 0 Å². The van der Waals surface area contributed by atoms with Gasteiger partial charge in [-0.1, -0.05) is 46.8 Å². The monoisotopic (exact) mass is 263 g/mol. The van der Waals surface area contributed by atoms with Crippen molar-refractivity contribution in [1.82, 2.24) is 4.90 Å². The molecule has 0 saturated carbocycles. The molecule has 1 heteroatoms. The van der Waals surface area contributed by atoms with Crippen LogP contribution in [-0.2, 0) is 0 Å². The van der Waals surface area contributed by atoms with Crippen LogP contribution in [0, 0.1) is 17.3 Å². The van der Waals surface area contributed by atoms with Crippen LogP contribution in [0.2, 0.25) is 0 Å². The summed E-state index contributed by atoms with van der Waals surface area (Å²) in [5.74, 6) is 1.53. The first kappa shape index (κ1) is 16.3. The van der Waals surface area contributed by atoms with Gasteiger partial charge in [-0.3, -0.25) is 0 Å². The molecule has 0 saturated heterocycles. The van der Waals surface area contributed by atoms with Gasteiger partial charge in [-0.05, 0) is 49.0 Å². The molecule has 1 heterocycles. The summed E-state index contributed by atoms with van der Waals surface area (Å²) >= 11 is 0. The maximum Gasteiger partial charge on any atom is 0.0174 e. The zero-order valence-corrected chi connectivity index (χ0v) is 14.1. The molecule has 110 valence electrons. The number of hydrogen-bond donors (Lipinski definition) is 0. The zero-order valence-electron chi connectivity index (χ0n) is 14.1. The molecular weight excluding hydrogens is 230 g/mol. The average molecular weight is 263 g/mol. The highest BCUT2D eigenvalue weighted by Gasteiger charge is 2.33. The molecule has 0 amide bonds. The molecule has 0 bridgehead atoms. The normalized spacial score (nSPS) is 24.4. The van der Waals surface area contributed by atoms with Crippen molar-refractivity contribution in [3.05, 3.63) is 23.4 Å². The van der Waals surface area contributed by atoms with Crippen molar-refractivity contribution >= 4 is 0 Å². The third kappa shape index (κ3) is 4.12. The van der Waals surface area contributed by atoms with Gasteiger partial charge in [0, 0.05) is 19.3 Å². The molecule has 0 N–H and O–H groups in total. The van der Waals surface area contributed by atoms with Gasteiger partial charge in [-0.2, -0.15) is 0 Å². The Morgan fingerprint density at radius 1 is 1.37 bits per heavy atom. The summed E-state index contributed by atoms with van der Waals surface area (Å²) in [6, 6.07) is 0. The van der Waals surface area contributed by atoms with Gasteiger partial charge < -0.3 is 4.90 Å². The van der Waals surface area contributed by atoms with Crippen LogP contribution < -0.4 is 0 Å². The zero-order chi connectivity index (χ0) is 14.6. The second-order valence-electron chi connectivity index (χ2n) is 7.21. The van der Waals surface area contributed by atoms with Crippen LogP contribution in [0.3, 0.4) is 0 Å². The first-order chi connectivity index (χ1) is 8.76. The third-order valence-electron chi connectivity index (χ3n) is 4.98. The second kappa shape index (κ2) is 6.63. The van der Waals surface area contributed by atoms with Crippen LogP contribution >= 0.6 is 0 Å². The lowest BCUT2D eigenvalue weighted by atomic mass is 9.72. The number of allylic oxidation sites excluding steroid dienone is 4. The quantitative estimate of drug-likeness (QED) is 0.669. The minimum Gasteiger partial charge on any atom is -0.378 e. The molecule has 0 aliphatic carbocycles. The van der Waals surface area contributed by atoms with Gasteiger partial charge in [-0.25, -0.2) is 0 Å². The predicted molar refractivity (Wildman–Crippen MR) is 86.1 cm³/mol. The van der Waals surface area contributed by atoms with Gasteiger partial charge >= 0.3 is 0 Å². The summed E-state index contributed by atoms with van der Waals surface area (Å²) in [6.45, 7) is 15.3. The molecule has 0 aromatic rings. The Morgan fingerprint density at radius 2 is 2.00 bits per heavy atom. The van der Waals surface area contributed by atoms with Crippen LogP contribution in [0.1, 0.15) is 60.8 Å². The fraction of sp³-hybridized carbons (Fsp3) is 0.778. The van der Waals surface area contributed by atoms with E-state index in [4.69, 9.17) is 0 Å². The molecule has 1 aliphatic heterocycles. The molecule has 1 nitrogen and oxygen atoms in total. The SMILES string of the molecule is CC1=C(/C=C\CCC(C)C)C(C)(C)[C@H](C)CCN1C. The minimum absolute atomic E-state index is 0.281. The second-order valence-corrected chi connectivity index (χ2v) is 7.21. The largest absolute Gasteiger partial charge is 0.378 e. The Labute approximate surface area is 120 Å². The summed E-state index contributed by atoms with van der Waals surface area (Å²) in [5.41, 5.74) is 3.27. The molecule has 0 fully saturated rings. The molecular formula is C18H33N. The van der Waals surface area contributed by atoms with E-state index >= 15 is 0 Å². The lowest BCUT2D eigenvalue weighted by Crippen LogP contribution is -2.23. The third-order valence-corrected chi connectivity index (χ3v) is 4.98. The fourth-order valence-electron chi connectivity index (χ4n) is 2.82. The number of hydrogen-bond acceptors (Lipinski definition) is 1. The van der Waals surface area contributed by atoms with E-state index < -0.39 is 0 Å². The van der Waals surface area contributed by atoms with E-state index in [2.05, 4.69) is 65.6 Å². The molecule has 19 heavy (non-hydrogen) atoms. The lowest BCUT2D eigenvalue weighted by Gasteiger charge is -2.32. The Morgan fingerprint density at radius 3 is 2.58 bits per heavy atom. The Balaban J connectivity index is 2.92. The Kier molecular flexibility index (Phi) is 5.70. The van der Waals surface area contributed by atoms with E-state index in [-0.39, 0.29) is 5.41 Å². The molecule has 1 aliphatic rings. The van der Waals surface area contributed by atoms with Crippen molar-refractivity contribution in [3.8, 4) is 0 Å². The first-order valence-electron chi connectivity index (χ1n) is 7.85. The molecule has 0 unspecified atom stereocenters. The molecule has 1 atom stereocenters. The molecule has 0 radical (unpaired) electrons. The molecule has 0 aromatic carbocycles. The summed E-state index contributed by atoms with van der Waals surface area (Å²) in [5, 5.41) is 0. The smallest absolute Gasteiger partial charge is 0.0174 e. The van der Waals surface area contributed by atoms with E-state index in [0.717, 1.165) is 11.8 Å². The van der Waals surface area contributed by atoms with E-state index in [0.29, 0.717) is 0 Å². The van der Waals surface area contributed by atoms with Crippen molar-refractivity contribution < 1.29 is 0 Å². The average Bonchev–Trinajstić information content (AvgIpc) is 2.39. The lowest BCUT2D eigenvalue weighted by molar-refractivity contribution is 0.274. The van der Waals surface area contributed by atoms with Gasteiger partial charge in [-0.15, -0.1) is 0 Å². The topological polar surface area (TPSA) is 3.24 Å². The van der Waals surface area contributed by atoms with E-state index in [9.17, 15) is 0 Å². The van der Waals surface area contributed by atoms with Crippen LogP contribution in [0.15, 0.2) is 23.4 Å². The highest BCUT2D eigenvalue weighted by Crippen LogP contribution is 2.42. The van der Waals surface area contributed by atoms with E-state index in [1.165, 1.54) is 37.1 Å². The maximum atomic E-state index is 2.42.